The van der Waals surface area contributed by atoms with Gasteiger partial charge >= 0.3 is 0 Å². The number of hydrogen-bond donors (Lipinski definition) is 1. The van der Waals surface area contributed by atoms with Crippen molar-refractivity contribution >= 4 is 33.3 Å². The number of nitrogens with zero attached hydrogens (tertiary/aromatic N) is 2. The van der Waals surface area contributed by atoms with Crippen molar-refractivity contribution in [3.63, 3.8) is 0 Å². The molecule has 0 saturated carbocycles. The topological polar surface area (TPSA) is 56.1 Å². The van der Waals surface area contributed by atoms with E-state index in [-0.39, 0.29) is 11.3 Å². The molecule has 0 spiro atoms. The van der Waals surface area contributed by atoms with Crippen molar-refractivity contribution in [1.29, 1.82) is 0 Å². The van der Waals surface area contributed by atoms with Crippen LogP contribution in [0.25, 0.3) is 10.9 Å². The molecule has 1 N–H and O–H groups in total. The first-order chi connectivity index (χ1) is 12.4. The molecule has 0 aliphatic rings. The van der Waals surface area contributed by atoms with Crippen LogP contribution in [0.1, 0.15) is 32.0 Å². The molecule has 1 aromatic carbocycles. The number of para-hydroxylation sites is 1. The number of fused-ring (bicyclic) bond motifs is 1. The Hall–Kier alpha value is -2.18. The highest BCUT2D eigenvalue weighted by molar-refractivity contribution is 7.13. The third kappa shape index (κ3) is 4.14. The van der Waals surface area contributed by atoms with Gasteiger partial charge in [-0.15, -0.1) is 11.3 Å². The van der Waals surface area contributed by atoms with Gasteiger partial charge in [0.1, 0.15) is 0 Å². The lowest BCUT2D eigenvalue weighted by Gasteiger charge is -2.14. The fourth-order valence-electron chi connectivity index (χ4n) is 2.85. The number of anilines is 1. The van der Waals surface area contributed by atoms with Gasteiger partial charge < -0.3 is 14.6 Å². The van der Waals surface area contributed by atoms with Crippen molar-refractivity contribution in [1.82, 2.24) is 9.55 Å². The van der Waals surface area contributed by atoms with Gasteiger partial charge in [-0.3, -0.25) is 4.79 Å². The SMILES string of the molecule is COCCn1cc(CC(=O)Nc2nc(C(C)(C)C)cs2)c2ccccc21. The number of hydrogen-bond acceptors (Lipinski definition) is 4. The first-order valence-corrected chi connectivity index (χ1v) is 9.58. The van der Waals surface area contributed by atoms with E-state index in [4.69, 9.17) is 4.74 Å². The maximum Gasteiger partial charge on any atom is 0.230 e. The highest BCUT2D eigenvalue weighted by atomic mass is 32.1. The lowest BCUT2D eigenvalue weighted by atomic mass is 9.93. The molecule has 3 aromatic rings. The zero-order valence-corrected chi connectivity index (χ0v) is 16.5. The van der Waals surface area contributed by atoms with Crippen molar-refractivity contribution in [2.75, 3.05) is 19.0 Å². The number of carbonyl (C=O) groups excluding carboxylic acids is 1. The van der Waals surface area contributed by atoms with Crippen molar-refractivity contribution in [2.45, 2.75) is 39.2 Å². The van der Waals surface area contributed by atoms with E-state index >= 15 is 0 Å². The van der Waals surface area contributed by atoms with Crippen LogP contribution in [-0.2, 0) is 27.9 Å². The smallest absolute Gasteiger partial charge is 0.230 e. The summed E-state index contributed by atoms with van der Waals surface area (Å²) in [7, 11) is 1.69. The molecular weight excluding hydrogens is 346 g/mol. The lowest BCUT2D eigenvalue weighted by molar-refractivity contribution is -0.115. The highest BCUT2D eigenvalue weighted by Crippen LogP contribution is 2.27. The van der Waals surface area contributed by atoms with Gasteiger partial charge in [-0.05, 0) is 11.6 Å². The molecule has 0 aliphatic carbocycles. The van der Waals surface area contributed by atoms with Crippen LogP contribution in [0.4, 0.5) is 5.13 Å². The van der Waals surface area contributed by atoms with Gasteiger partial charge in [-0.25, -0.2) is 4.98 Å². The molecule has 2 heterocycles. The molecule has 3 rings (SSSR count). The predicted octanol–water partition coefficient (Wildman–Crippen LogP) is 4.22. The van der Waals surface area contributed by atoms with Gasteiger partial charge in [-0.2, -0.15) is 0 Å². The number of amides is 1. The minimum absolute atomic E-state index is 0.0196. The quantitative estimate of drug-likeness (QED) is 0.706. The predicted molar refractivity (Wildman–Crippen MR) is 107 cm³/mol. The Balaban J connectivity index is 1.76. The van der Waals surface area contributed by atoms with Crippen LogP contribution in [0, 0.1) is 0 Å². The Morgan fingerprint density at radius 3 is 2.77 bits per heavy atom. The molecule has 2 aromatic heterocycles. The van der Waals surface area contributed by atoms with Crippen molar-refractivity contribution < 1.29 is 9.53 Å². The van der Waals surface area contributed by atoms with Crippen molar-refractivity contribution in [3.05, 3.63) is 47.1 Å². The Kier molecular flexibility index (Phi) is 5.44. The summed E-state index contributed by atoms with van der Waals surface area (Å²) >= 11 is 1.47. The van der Waals surface area contributed by atoms with Gasteiger partial charge in [0, 0.05) is 41.5 Å². The number of thiazole rings is 1. The van der Waals surface area contributed by atoms with Gasteiger partial charge in [0.15, 0.2) is 5.13 Å². The molecule has 0 aliphatic heterocycles. The lowest BCUT2D eigenvalue weighted by Crippen LogP contribution is -2.15. The molecule has 1 amide bonds. The Morgan fingerprint density at radius 1 is 1.31 bits per heavy atom. The van der Waals surface area contributed by atoms with Crippen LogP contribution >= 0.6 is 11.3 Å². The van der Waals surface area contributed by atoms with E-state index in [0.717, 1.165) is 28.7 Å². The number of methoxy groups -OCH3 is 1. The molecule has 26 heavy (non-hydrogen) atoms. The number of aromatic nitrogens is 2. The number of nitrogens with one attached hydrogen (secondary N) is 1. The second kappa shape index (κ2) is 7.60. The summed E-state index contributed by atoms with van der Waals surface area (Å²) in [4.78, 5) is 17.1. The number of carbonyl (C=O) groups is 1. The molecule has 0 bridgehead atoms. The van der Waals surface area contributed by atoms with Gasteiger partial charge in [-0.1, -0.05) is 39.0 Å². The third-order valence-electron chi connectivity index (χ3n) is 4.28. The van der Waals surface area contributed by atoms with Crippen LogP contribution in [0.2, 0.25) is 0 Å². The maximum absolute atomic E-state index is 12.5. The summed E-state index contributed by atoms with van der Waals surface area (Å²) in [5.74, 6) is -0.0468. The van der Waals surface area contributed by atoms with E-state index in [0.29, 0.717) is 18.2 Å². The third-order valence-corrected chi connectivity index (χ3v) is 5.04. The fraction of sp³-hybridized carbons (Fsp3) is 0.400. The molecule has 138 valence electrons. The van der Waals surface area contributed by atoms with Crippen LogP contribution < -0.4 is 5.32 Å². The van der Waals surface area contributed by atoms with E-state index in [2.05, 4.69) is 47.8 Å². The Labute approximate surface area is 158 Å². The average molecular weight is 372 g/mol. The molecule has 0 saturated heterocycles. The normalized spacial score (nSPS) is 11.8. The summed E-state index contributed by atoms with van der Waals surface area (Å²) in [6.45, 7) is 7.74. The number of benzene rings is 1. The van der Waals surface area contributed by atoms with E-state index in [1.54, 1.807) is 7.11 Å². The molecule has 5 nitrogen and oxygen atoms in total. The van der Waals surface area contributed by atoms with Crippen LogP contribution in [-0.4, -0.2) is 29.2 Å². The maximum atomic E-state index is 12.5. The van der Waals surface area contributed by atoms with Crippen molar-refractivity contribution in [2.24, 2.45) is 0 Å². The first-order valence-electron chi connectivity index (χ1n) is 8.70. The number of ether oxygens (including phenoxy) is 1. The monoisotopic (exact) mass is 371 g/mol. The fourth-order valence-corrected chi connectivity index (χ4v) is 3.80. The van der Waals surface area contributed by atoms with Crippen molar-refractivity contribution in [3.8, 4) is 0 Å². The van der Waals surface area contributed by atoms with E-state index in [1.165, 1.54) is 11.3 Å². The van der Waals surface area contributed by atoms with Gasteiger partial charge in [0.2, 0.25) is 5.91 Å². The average Bonchev–Trinajstić information content (AvgIpc) is 3.18. The largest absolute Gasteiger partial charge is 0.383 e. The zero-order chi connectivity index (χ0) is 18.7. The van der Waals surface area contributed by atoms with E-state index in [9.17, 15) is 4.79 Å². The molecular formula is C20H25N3O2S. The van der Waals surface area contributed by atoms with Crippen LogP contribution in [0.15, 0.2) is 35.8 Å². The summed E-state index contributed by atoms with van der Waals surface area (Å²) in [5, 5.41) is 6.70. The molecule has 0 unspecified atom stereocenters. The second-order valence-electron chi connectivity index (χ2n) is 7.37. The minimum atomic E-state index is -0.0468. The number of rotatable bonds is 6. The Bertz CT molecular complexity index is 905. The molecule has 6 heteroatoms. The summed E-state index contributed by atoms with van der Waals surface area (Å²) in [5.41, 5.74) is 3.11. The van der Waals surface area contributed by atoms with E-state index < -0.39 is 0 Å². The molecule has 0 fully saturated rings. The molecule has 0 radical (unpaired) electrons. The first kappa shape index (κ1) is 18.6. The van der Waals surface area contributed by atoms with E-state index in [1.807, 2.05) is 23.7 Å². The van der Waals surface area contributed by atoms with Gasteiger partial charge in [0.05, 0.1) is 18.7 Å². The minimum Gasteiger partial charge on any atom is -0.383 e. The summed E-state index contributed by atoms with van der Waals surface area (Å²) in [6, 6.07) is 8.14. The Morgan fingerprint density at radius 2 is 2.08 bits per heavy atom. The summed E-state index contributed by atoms with van der Waals surface area (Å²) in [6.07, 6.45) is 2.37. The summed E-state index contributed by atoms with van der Waals surface area (Å²) < 4.78 is 7.33. The van der Waals surface area contributed by atoms with Crippen LogP contribution in [0.5, 0.6) is 0 Å². The van der Waals surface area contributed by atoms with Gasteiger partial charge in [0.25, 0.3) is 0 Å². The second-order valence-corrected chi connectivity index (χ2v) is 8.23. The molecule has 0 atom stereocenters. The van der Waals surface area contributed by atoms with Crippen LogP contribution in [0.3, 0.4) is 0 Å². The standard InChI is InChI=1S/C20H25N3O2S/c1-20(2,3)17-13-26-19(21-17)22-18(24)11-14-12-23(9-10-25-4)16-8-6-5-7-15(14)16/h5-8,12-13H,9-11H2,1-4H3,(H,21,22,24). The zero-order valence-electron chi connectivity index (χ0n) is 15.7. The highest BCUT2D eigenvalue weighted by Gasteiger charge is 2.18.